The summed E-state index contributed by atoms with van der Waals surface area (Å²) in [7, 11) is 0. The number of para-hydroxylation sites is 3. The maximum Gasteiger partial charge on any atom is 0.147 e. The molecule has 0 saturated heterocycles. The van der Waals surface area contributed by atoms with Crippen LogP contribution in [0.5, 0.6) is 0 Å². The van der Waals surface area contributed by atoms with Gasteiger partial charge in [0.1, 0.15) is 5.82 Å². The number of aromatic nitrogens is 2. The Labute approximate surface area is 316 Å². The van der Waals surface area contributed by atoms with Crippen LogP contribution < -0.4 is 4.90 Å². The van der Waals surface area contributed by atoms with E-state index >= 15 is 4.39 Å². The van der Waals surface area contributed by atoms with Gasteiger partial charge in [-0.1, -0.05) is 140 Å². The molecule has 0 aliphatic rings. The van der Waals surface area contributed by atoms with E-state index in [1.54, 1.807) is 6.07 Å². The number of hydrogen-bond acceptors (Lipinski definition) is 2. The normalized spacial score (nSPS) is 12.0. The van der Waals surface area contributed by atoms with Gasteiger partial charge in [0.05, 0.1) is 39.8 Å². The lowest BCUT2D eigenvalue weighted by molar-refractivity contribution is 0.629. The van der Waals surface area contributed by atoms with Gasteiger partial charge in [-0.15, -0.1) is 0 Å². The molecule has 0 saturated carbocycles. The molecule has 11 aromatic rings. The number of anilines is 3. The monoisotopic (exact) mass is 705 g/mol. The lowest BCUT2D eigenvalue weighted by Gasteiger charge is -2.29. The molecule has 11 rings (SSSR count). The molecule has 0 atom stereocenters. The Kier molecular flexibility index (Phi) is 7.04. The second-order valence-electron chi connectivity index (χ2n) is 14.1. The Hall–Kier alpha value is -7.30. The van der Waals surface area contributed by atoms with Gasteiger partial charge in [-0.2, -0.15) is 0 Å². The van der Waals surface area contributed by atoms with Crippen LogP contribution in [0, 0.1) is 5.82 Å². The van der Waals surface area contributed by atoms with Crippen molar-refractivity contribution in [1.29, 1.82) is 0 Å². The van der Waals surface area contributed by atoms with Gasteiger partial charge in [0.25, 0.3) is 0 Å². The first-order valence-electron chi connectivity index (χ1n) is 18.6. The minimum atomic E-state index is -0.276. The number of fused-ring (bicyclic) bond motifs is 3. The number of hydrogen-bond donors (Lipinski definition) is 0. The van der Waals surface area contributed by atoms with E-state index in [0.29, 0.717) is 5.69 Å². The van der Waals surface area contributed by atoms with Crippen LogP contribution in [0.25, 0.3) is 82.9 Å². The summed E-state index contributed by atoms with van der Waals surface area (Å²) >= 11 is 0. The first-order valence-corrected chi connectivity index (χ1v) is 18.6. The van der Waals surface area contributed by atoms with Gasteiger partial charge in [-0.3, -0.25) is 4.98 Å². The topological polar surface area (TPSA) is 21.1 Å². The van der Waals surface area contributed by atoms with Crippen LogP contribution in [0.1, 0.15) is 11.1 Å². The fourth-order valence-corrected chi connectivity index (χ4v) is 8.65. The van der Waals surface area contributed by atoms with Gasteiger partial charge in [0.2, 0.25) is 0 Å². The van der Waals surface area contributed by atoms with E-state index in [1.165, 1.54) is 33.1 Å². The molecule has 9 aromatic carbocycles. The Balaban J connectivity index is 1.13. The van der Waals surface area contributed by atoms with Crippen LogP contribution >= 0.6 is 0 Å². The van der Waals surface area contributed by atoms with Crippen LogP contribution in [0.3, 0.4) is 0 Å². The summed E-state index contributed by atoms with van der Waals surface area (Å²) in [5, 5.41) is 10.3. The molecule has 0 fully saturated rings. The van der Waals surface area contributed by atoms with E-state index in [0.717, 1.165) is 66.2 Å². The van der Waals surface area contributed by atoms with Gasteiger partial charge < -0.3 is 9.47 Å². The van der Waals surface area contributed by atoms with Gasteiger partial charge in [0.15, 0.2) is 0 Å². The Morgan fingerprint density at radius 3 is 1.98 bits per heavy atom. The highest BCUT2D eigenvalue weighted by Gasteiger charge is 2.23. The Bertz CT molecular complexity index is 3230. The summed E-state index contributed by atoms with van der Waals surface area (Å²) in [4.78, 5) is 6.89. The third-order valence-electron chi connectivity index (χ3n) is 11.0. The molecule has 258 valence electrons. The molecule has 55 heavy (non-hydrogen) atoms. The van der Waals surface area contributed by atoms with Crippen LogP contribution in [-0.4, -0.2) is 9.55 Å². The summed E-state index contributed by atoms with van der Waals surface area (Å²) < 4.78 is 18.1. The largest absolute Gasteiger partial charge is 0.308 e. The van der Waals surface area contributed by atoms with Gasteiger partial charge >= 0.3 is 0 Å². The summed E-state index contributed by atoms with van der Waals surface area (Å²) in [6.45, 7) is 0. The lowest BCUT2D eigenvalue weighted by Crippen LogP contribution is -2.13. The van der Waals surface area contributed by atoms with Crippen molar-refractivity contribution in [1.82, 2.24) is 9.55 Å². The lowest BCUT2D eigenvalue weighted by atomic mass is 9.92. The molecule has 0 spiro atoms. The predicted molar refractivity (Wildman–Crippen MR) is 230 cm³/mol. The molecule has 0 radical (unpaired) electrons. The van der Waals surface area contributed by atoms with Crippen molar-refractivity contribution in [3.8, 4) is 5.69 Å². The summed E-state index contributed by atoms with van der Waals surface area (Å²) in [6, 6.07) is 60.1. The zero-order chi connectivity index (χ0) is 36.5. The third-order valence-corrected chi connectivity index (χ3v) is 11.0. The second-order valence-corrected chi connectivity index (χ2v) is 14.1. The van der Waals surface area contributed by atoms with E-state index in [9.17, 15) is 0 Å². The maximum absolute atomic E-state index is 15.8. The van der Waals surface area contributed by atoms with Crippen LogP contribution in [-0.2, 0) is 0 Å². The van der Waals surface area contributed by atoms with Crippen molar-refractivity contribution in [3.05, 3.63) is 199 Å². The number of rotatable bonds is 6. The van der Waals surface area contributed by atoms with Crippen molar-refractivity contribution in [2.45, 2.75) is 0 Å². The number of nitrogens with zero attached hydrogens (tertiary/aromatic N) is 3. The molecule has 3 nitrogen and oxygen atoms in total. The number of benzene rings is 9. The summed E-state index contributed by atoms with van der Waals surface area (Å²) in [6.07, 6.45) is 6.50. The molecule has 2 aromatic heterocycles. The van der Waals surface area contributed by atoms with E-state index in [2.05, 4.69) is 137 Å². The molecular formula is C51H32FN3. The van der Waals surface area contributed by atoms with E-state index in [4.69, 9.17) is 4.98 Å². The molecule has 0 N–H and O–H groups in total. The SMILES string of the molecule is Fc1ccccc1N(c1ccccc1)c1c2ccccc2c(C=Cc2ccc3c4c2ccc2cccc(c24)n3-c2cnc3ccccc3c2)c2ccccc12. The molecule has 0 unspecified atom stereocenters. The summed E-state index contributed by atoms with van der Waals surface area (Å²) in [5.74, 6) is -0.276. The van der Waals surface area contributed by atoms with Crippen molar-refractivity contribution in [2.75, 3.05) is 4.90 Å². The average molecular weight is 706 g/mol. The van der Waals surface area contributed by atoms with E-state index in [1.807, 2.05) is 54.7 Å². The number of pyridine rings is 1. The standard InChI is InChI=1S/C51H32FN3/c52-44-21-9-11-23-46(44)55(36-15-2-1-3-16-36)51-42-19-7-5-17-39(42)41(40-18-6-8-20-43(40)51)29-25-33-27-30-48-50-38(33)28-26-34-14-12-24-47(49(34)50)54(48)37-31-35-13-4-10-22-45(35)53-32-37/h1-32H. The molecule has 0 bridgehead atoms. The molecular weight excluding hydrogens is 674 g/mol. The average Bonchev–Trinajstić information content (AvgIpc) is 3.59. The highest BCUT2D eigenvalue weighted by Crippen LogP contribution is 2.47. The van der Waals surface area contributed by atoms with E-state index < -0.39 is 0 Å². The third kappa shape index (κ3) is 4.85. The van der Waals surface area contributed by atoms with Gasteiger partial charge in [0, 0.05) is 32.6 Å². The quantitative estimate of drug-likeness (QED) is 0.0975. The van der Waals surface area contributed by atoms with Crippen molar-refractivity contribution < 1.29 is 4.39 Å². The number of halogens is 1. The highest BCUT2D eigenvalue weighted by atomic mass is 19.1. The van der Waals surface area contributed by atoms with Crippen molar-refractivity contribution in [3.63, 3.8) is 0 Å². The molecule has 0 aliphatic carbocycles. The van der Waals surface area contributed by atoms with Gasteiger partial charge in [-0.25, -0.2) is 4.39 Å². The fraction of sp³-hybridized carbons (Fsp3) is 0. The predicted octanol–water partition coefficient (Wildman–Crippen LogP) is 14.0. The zero-order valence-corrected chi connectivity index (χ0v) is 29.7. The molecule has 0 aliphatic heterocycles. The van der Waals surface area contributed by atoms with Crippen LogP contribution in [0.15, 0.2) is 182 Å². The highest BCUT2D eigenvalue weighted by molar-refractivity contribution is 6.26. The maximum atomic E-state index is 15.8. The minimum Gasteiger partial charge on any atom is -0.308 e. The zero-order valence-electron chi connectivity index (χ0n) is 29.7. The Morgan fingerprint density at radius 2 is 1.18 bits per heavy atom. The fourth-order valence-electron chi connectivity index (χ4n) is 8.65. The van der Waals surface area contributed by atoms with Crippen molar-refractivity contribution >= 4 is 94.2 Å². The molecule has 2 heterocycles. The minimum absolute atomic E-state index is 0.276. The van der Waals surface area contributed by atoms with Crippen LogP contribution in [0.2, 0.25) is 0 Å². The molecule has 4 heteroatoms. The van der Waals surface area contributed by atoms with E-state index in [-0.39, 0.29) is 5.82 Å². The second kappa shape index (κ2) is 12.4. The van der Waals surface area contributed by atoms with Crippen LogP contribution in [0.4, 0.5) is 21.5 Å². The summed E-state index contributed by atoms with van der Waals surface area (Å²) in [5.41, 5.74) is 8.96. The first kappa shape index (κ1) is 31.2. The van der Waals surface area contributed by atoms with Gasteiger partial charge in [-0.05, 0) is 81.2 Å². The van der Waals surface area contributed by atoms with Crippen molar-refractivity contribution in [2.24, 2.45) is 0 Å². The smallest absolute Gasteiger partial charge is 0.147 e. The Morgan fingerprint density at radius 1 is 0.509 bits per heavy atom. The first-order chi connectivity index (χ1) is 27.2. The molecule has 0 amide bonds.